The van der Waals surface area contributed by atoms with Crippen molar-refractivity contribution < 1.29 is 9.59 Å². The van der Waals surface area contributed by atoms with Crippen LogP contribution in [0.5, 0.6) is 0 Å². The Hall–Kier alpha value is -2.66. The highest BCUT2D eigenvalue weighted by molar-refractivity contribution is 5.96. The third-order valence-electron chi connectivity index (χ3n) is 4.68. The lowest BCUT2D eigenvalue weighted by Crippen LogP contribution is -2.33. The lowest BCUT2D eigenvalue weighted by molar-refractivity contribution is -0.115. The Balaban J connectivity index is 1.93. The molecule has 2 aromatic carbocycles. The minimum atomic E-state index is -0.149. The molecule has 150 valence electrons. The van der Waals surface area contributed by atoms with E-state index in [0.29, 0.717) is 17.2 Å². The summed E-state index contributed by atoms with van der Waals surface area (Å²) >= 11 is 0. The first kappa shape index (κ1) is 21.6. The largest absolute Gasteiger partial charge is 0.355 e. The Kier molecular flexibility index (Phi) is 8.20. The summed E-state index contributed by atoms with van der Waals surface area (Å²) in [5, 5.41) is 8.81. The molecule has 2 amide bonds. The topological polar surface area (TPSA) is 70.2 Å². The molecule has 3 N–H and O–H groups in total. The molecule has 0 aliphatic carbocycles. The van der Waals surface area contributed by atoms with E-state index < -0.39 is 0 Å². The molecular weight excluding hydrogens is 350 g/mol. The number of nitrogens with one attached hydrogen (secondary N) is 3. The molecule has 0 spiro atoms. The van der Waals surface area contributed by atoms with E-state index in [1.54, 1.807) is 31.3 Å². The molecule has 28 heavy (non-hydrogen) atoms. The van der Waals surface area contributed by atoms with Crippen LogP contribution < -0.4 is 16.0 Å². The van der Waals surface area contributed by atoms with Crippen LogP contribution in [0.1, 0.15) is 54.7 Å². The predicted molar refractivity (Wildman–Crippen MR) is 114 cm³/mol. The van der Waals surface area contributed by atoms with Gasteiger partial charge in [-0.25, -0.2) is 0 Å². The molecule has 0 bridgehead atoms. The lowest BCUT2D eigenvalue weighted by atomic mass is 9.94. The van der Waals surface area contributed by atoms with Gasteiger partial charge in [-0.05, 0) is 47.7 Å². The molecule has 2 rings (SSSR count). The zero-order valence-corrected chi connectivity index (χ0v) is 17.2. The van der Waals surface area contributed by atoms with Crippen LogP contribution >= 0.6 is 0 Å². The Morgan fingerprint density at radius 2 is 1.61 bits per heavy atom. The van der Waals surface area contributed by atoms with E-state index in [9.17, 15) is 9.59 Å². The molecule has 0 heterocycles. The molecular formula is C23H31N3O2. The highest BCUT2D eigenvalue weighted by atomic mass is 16.2. The molecule has 5 heteroatoms. The van der Waals surface area contributed by atoms with Gasteiger partial charge in [-0.3, -0.25) is 9.59 Å². The fraction of sp³-hybridized carbons (Fsp3) is 0.391. The Morgan fingerprint density at radius 3 is 2.14 bits per heavy atom. The zero-order chi connectivity index (χ0) is 20.5. The lowest BCUT2D eigenvalue weighted by Gasteiger charge is -2.23. The van der Waals surface area contributed by atoms with Gasteiger partial charge in [0.25, 0.3) is 5.91 Å². The Morgan fingerprint density at radius 1 is 0.964 bits per heavy atom. The van der Waals surface area contributed by atoms with Gasteiger partial charge in [0.1, 0.15) is 0 Å². The molecule has 2 aromatic rings. The van der Waals surface area contributed by atoms with E-state index in [-0.39, 0.29) is 24.4 Å². The van der Waals surface area contributed by atoms with Gasteiger partial charge in [0.2, 0.25) is 5.91 Å². The highest BCUT2D eigenvalue weighted by Gasteiger charge is 2.16. The second-order valence-electron chi connectivity index (χ2n) is 7.30. The number of hydrogen-bond donors (Lipinski definition) is 3. The fourth-order valence-corrected chi connectivity index (χ4v) is 3.18. The number of rotatable bonds is 9. The summed E-state index contributed by atoms with van der Waals surface area (Å²) in [6, 6.07) is 15.6. The van der Waals surface area contributed by atoms with Crippen molar-refractivity contribution in [3.8, 4) is 0 Å². The van der Waals surface area contributed by atoms with Crippen molar-refractivity contribution in [1.29, 1.82) is 0 Å². The van der Waals surface area contributed by atoms with Crippen molar-refractivity contribution in [1.82, 2.24) is 10.6 Å². The van der Waals surface area contributed by atoms with Gasteiger partial charge in [0.15, 0.2) is 0 Å². The first-order chi connectivity index (χ1) is 13.4. The van der Waals surface area contributed by atoms with Crippen LogP contribution in [0.3, 0.4) is 0 Å². The van der Waals surface area contributed by atoms with E-state index >= 15 is 0 Å². The van der Waals surface area contributed by atoms with Crippen LogP contribution in [0.25, 0.3) is 0 Å². The number of carbonyl (C=O) groups excluding carboxylic acids is 2. The number of benzene rings is 2. The van der Waals surface area contributed by atoms with E-state index in [4.69, 9.17) is 0 Å². The molecule has 0 saturated carbocycles. The third kappa shape index (κ3) is 6.20. The van der Waals surface area contributed by atoms with Gasteiger partial charge in [-0.1, -0.05) is 51.5 Å². The van der Waals surface area contributed by atoms with Crippen LogP contribution in [-0.2, 0) is 11.2 Å². The summed E-state index contributed by atoms with van der Waals surface area (Å²) in [6.07, 6.45) is 2.22. The van der Waals surface area contributed by atoms with Crippen LogP contribution in [0, 0.1) is 5.92 Å². The van der Waals surface area contributed by atoms with E-state index in [1.807, 2.05) is 0 Å². The normalized spacial score (nSPS) is 11.9. The average molecular weight is 382 g/mol. The minimum Gasteiger partial charge on any atom is -0.355 e. The summed E-state index contributed by atoms with van der Waals surface area (Å²) in [4.78, 5) is 23.9. The quantitative estimate of drug-likeness (QED) is 0.616. The molecule has 0 fully saturated rings. The fourth-order valence-electron chi connectivity index (χ4n) is 3.18. The minimum absolute atomic E-state index is 0.108. The average Bonchev–Trinajstić information content (AvgIpc) is 2.69. The number of anilines is 1. The van der Waals surface area contributed by atoms with Crippen LogP contribution in [0.4, 0.5) is 5.69 Å². The second kappa shape index (κ2) is 10.6. The molecule has 0 aliphatic rings. The van der Waals surface area contributed by atoms with Gasteiger partial charge in [-0.15, -0.1) is 0 Å². The SMILES string of the molecule is CCCc1ccc([C@@H](NCC(=O)Nc2ccc(C(=O)NC)cc2)C(C)C)cc1. The van der Waals surface area contributed by atoms with Gasteiger partial charge >= 0.3 is 0 Å². The number of carbonyl (C=O) groups is 2. The van der Waals surface area contributed by atoms with Crippen LogP contribution in [0.15, 0.2) is 48.5 Å². The van der Waals surface area contributed by atoms with Crippen LogP contribution in [-0.4, -0.2) is 25.4 Å². The van der Waals surface area contributed by atoms with Gasteiger partial charge in [-0.2, -0.15) is 0 Å². The van der Waals surface area contributed by atoms with Gasteiger partial charge in [0.05, 0.1) is 6.54 Å². The van der Waals surface area contributed by atoms with Crippen molar-refractivity contribution >= 4 is 17.5 Å². The first-order valence-corrected chi connectivity index (χ1v) is 9.88. The number of hydrogen-bond acceptors (Lipinski definition) is 3. The molecule has 0 radical (unpaired) electrons. The molecule has 0 unspecified atom stereocenters. The van der Waals surface area contributed by atoms with E-state index in [1.165, 1.54) is 11.1 Å². The summed E-state index contributed by atoms with van der Waals surface area (Å²) in [5.41, 5.74) is 3.76. The molecule has 0 aromatic heterocycles. The molecule has 0 aliphatic heterocycles. The monoisotopic (exact) mass is 381 g/mol. The third-order valence-corrected chi connectivity index (χ3v) is 4.68. The summed E-state index contributed by atoms with van der Waals surface area (Å²) in [7, 11) is 1.59. The van der Waals surface area contributed by atoms with Crippen molar-refractivity contribution in [3.63, 3.8) is 0 Å². The molecule has 5 nitrogen and oxygen atoms in total. The summed E-state index contributed by atoms with van der Waals surface area (Å²) in [5.74, 6) is 0.0990. The zero-order valence-electron chi connectivity index (χ0n) is 17.2. The summed E-state index contributed by atoms with van der Waals surface area (Å²) in [6.45, 7) is 6.69. The van der Waals surface area contributed by atoms with Crippen molar-refractivity contribution in [2.24, 2.45) is 5.92 Å². The number of amides is 2. The molecule has 0 saturated heterocycles. The van der Waals surface area contributed by atoms with Crippen molar-refractivity contribution in [2.45, 2.75) is 39.7 Å². The maximum Gasteiger partial charge on any atom is 0.251 e. The predicted octanol–water partition coefficient (Wildman–Crippen LogP) is 3.92. The van der Waals surface area contributed by atoms with Gasteiger partial charge < -0.3 is 16.0 Å². The first-order valence-electron chi connectivity index (χ1n) is 9.88. The van der Waals surface area contributed by atoms with E-state index in [2.05, 4.69) is 61.0 Å². The Labute approximate surface area is 167 Å². The van der Waals surface area contributed by atoms with Crippen molar-refractivity contribution in [2.75, 3.05) is 18.9 Å². The summed E-state index contributed by atoms with van der Waals surface area (Å²) < 4.78 is 0. The van der Waals surface area contributed by atoms with Gasteiger partial charge in [0, 0.05) is 24.3 Å². The smallest absolute Gasteiger partial charge is 0.251 e. The van der Waals surface area contributed by atoms with Crippen molar-refractivity contribution in [3.05, 3.63) is 65.2 Å². The maximum absolute atomic E-state index is 12.3. The standard InChI is InChI=1S/C23H31N3O2/c1-5-6-17-7-9-18(10-8-17)22(16(2)3)25-15-21(27)26-20-13-11-19(12-14-20)23(28)24-4/h7-14,16,22,25H,5-6,15H2,1-4H3,(H,24,28)(H,26,27)/t22-/m0/s1. The van der Waals surface area contributed by atoms with E-state index in [0.717, 1.165) is 12.8 Å². The second-order valence-corrected chi connectivity index (χ2v) is 7.30. The molecule has 1 atom stereocenters. The highest BCUT2D eigenvalue weighted by Crippen LogP contribution is 2.22. The van der Waals surface area contributed by atoms with Crippen LogP contribution in [0.2, 0.25) is 0 Å². The Bertz CT molecular complexity index is 767. The number of aryl methyl sites for hydroxylation is 1. The maximum atomic E-state index is 12.3.